The van der Waals surface area contributed by atoms with Crippen LogP contribution in [0.5, 0.6) is 17.2 Å². The van der Waals surface area contributed by atoms with Gasteiger partial charge >= 0.3 is 0 Å². The third kappa shape index (κ3) is 4.09. The number of halogens is 1. The average molecular weight is 384 g/mol. The van der Waals surface area contributed by atoms with Crippen molar-refractivity contribution in [3.05, 3.63) is 59.5 Å². The molecule has 28 heavy (non-hydrogen) atoms. The molecule has 0 spiro atoms. The molecule has 0 fully saturated rings. The molecular formula is C19H17FN4O4. The Balaban J connectivity index is 1.70. The van der Waals surface area contributed by atoms with E-state index in [1.165, 1.54) is 50.8 Å². The predicted octanol–water partition coefficient (Wildman–Crippen LogP) is 2.70. The van der Waals surface area contributed by atoms with E-state index in [2.05, 4.69) is 20.7 Å². The third-order valence-corrected chi connectivity index (χ3v) is 3.84. The summed E-state index contributed by atoms with van der Waals surface area (Å²) >= 11 is 0. The minimum atomic E-state index is -0.505. The number of benzene rings is 2. The summed E-state index contributed by atoms with van der Waals surface area (Å²) in [6.45, 7) is 0. The number of carbonyl (C=O) groups excluding carboxylic acids is 1. The fourth-order valence-corrected chi connectivity index (χ4v) is 2.42. The lowest BCUT2D eigenvalue weighted by atomic mass is 10.1. The van der Waals surface area contributed by atoms with Gasteiger partial charge in [-0.1, -0.05) is 0 Å². The third-order valence-electron chi connectivity index (χ3n) is 3.84. The largest absolute Gasteiger partial charge is 0.502 e. The molecule has 1 heterocycles. The summed E-state index contributed by atoms with van der Waals surface area (Å²) in [4.78, 5) is 12.2. The number of amides is 1. The van der Waals surface area contributed by atoms with E-state index in [1.807, 2.05) is 0 Å². The van der Waals surface area contributed by atoms with Gasteiger partial charge in [0.1, 0.15) is 11.5 Å². The summed E-state index contributed by atoms with van der Waals surface area (Å²) in [5.74, 6) is -0.560. The standard InChI is InChI=1S/C19H17FN4O4/c1-27-16-7-11(8-17(28-2)18(16)25)10-21-24-19(26)15-9-14(22-23-15)12-3-5-13(20)6-4-12/h3-10,25H,1-2H3,(H,22,23)(H,24,26). The summed E-state index contributed by atoms with van der Waals surface area (Å²) in [5, 5.41) is 20.4. The first-order chi connectivity index (χ1) is 13.5. The zero-order chi connectivity index (χ0) is 20.1. The summed E-state index contributed by atoms with van der Waals surface area (Å²) < 4.78 is 23.1. The van der Waals surface area contributed by atoms with Gasteiger partial charge in [0.05, 0.1) is 26.1 Å². The summed E-state index contributed by atoms with van der Waals surface area (Å²) in [5.41, 5.74) is 4.27. The van der Waals surface area contributed by atoms with Crippen LogP contribution >= 0.6 is 0 Å². The molecule has 0 radical (unpaired) electrons. The van der Waals surface area contributed by atoms with E-state index in [9.17, 15) is 14.3 Å². The van der Waals surface area contributed by atoms with Gasteiger partial charge in [-0.15, -0.1) is 0 Å². The van der Waals surface area contributed by atoms with Crippen molar-refractivity contribution in [2.45, 2.75) is 0 Å². The number of aromatic hydroxyl groups is 1. The van der Waals surface area contributed by atoms with Gasteiger partial charge in [0.2, 0.25) is 5.75 Å². The van der Waals surface area contributed by atoms with Crippen LogP contribution in [0.25, 0.3) is 11.3 Å². The molecule has 3 rings (SSSR count). The Labute approximate surface area is 159 Å². The van der Waals surface area contributed by atoms with E-state index in [1.54, 1.807) is 12.1 Å². The van der Waals surface area contributed by atoms with Gasteiger partial charge in [-0.2, -0.15) is 10.2 Å². The van der Waals surface area contributed by atoms with Gasteiger partial charge in [-0.3, -0.25) is 9.89 Å². The van der Waals surface area contributed by atoms with Crippen LogP contribution in [0, 0.1) is 5.82 Å². The number of aromatic amines is 1. The Hall–Kier alpha value is -3.88. The van der Waals surface area contributed by atoms with Crippen molar-refractivity contribution in [2.75, 3.05) is 14.2 Å². The minimum absolute atomic E-state index is 0.128. The molecule has 1 amide bonds. The predicted molar refractivity (Wildman–Crippen MR) is 100 cm³/mol. The zero-order valence-electron chi connectivity index (χ0n) is 15.1. The summed E-state index contributed by atoms with van der Waals surface area (Å²) in [7, 11) is 2.82. The number of ether oxygens (including phenoxy) is 2. The minimum Gasteiger partial charge on any atom is -0.502 e. The van der Waals surface area contributed by atoms with Gasteiger partial charge in [-0.05, 0) is 42.5 Å². The maximum atomic E-state index is 13.0. The van der Waals surface area contributed by atoms with Crippen LogP contribution in [0.15, 0.2) is 47.6 Å². The first-order valence-electron chi connectivity index (χ1n) is 8.11. The van der Waals surface area contributed by atoms with Crippen molar-refractivity contribution >= 4 is 12.1 Å². The van der Waals surface area contributed by atoms with Gasteiger partial charge in [-0.25, -0.2) is 9.82 Å². The van der Waals surface area contributed by atoms with E-state index < -0.39 is 5.91 Å². The molecule has 0 unspecified atom stereocenters. The zero-order valence-corrected chi connectivity index (χ0v) is 15.1. The van der Waals surface area contributed by atoms with Crippen LogP contribution in [0.3, 0.4) is 0 Å². The van der Waals surface area contributed by atoms with E-state index in [0.717, 1.165) is 0 Å². The van der Waals surface area contributed by atoms with E-state index in [4.69, 9.17) is 9.47 Å². The van der Waals surface area contributed by atoms with Crippen LogP contribution in [0.4, 0.5) is 4.39 Å². The van der Waals surface area contributed by atoms with Crippen molar-refractivity contribution in [2.24, 2.45) is 5.10 Å². The van der Waals surface area contributed by atoms with E-state index in [-0.39, 0.29) is 28.8 Å². The van der Waals surface area contributed by atoms with Crippen molar-refractivity contribution in [3.63, 3.8) is 0 Å². The SMILES string of the molecule is COc1cc(C=NNC(=O)c2cc(-c3ccc(F)cc3)n[nH]2)cc(OC)c1O. The maximum Gasteiger partial charge on any atom is 0.289 e. The van der Waals surface area contributed by atoms with Crippen molar-refractivity contribution in [1.82, 2.24) is 15.6 Å². The number of phenols is 1. The lowest BCUT2D eigenvalue weighted by molar-refractivity contribution is 0.0950. The number of hydrogen-bond donors (Lipinski definition) is 3. The molecule has 0 saturated heterocycles. The Morgan fingerprint density at radius 2 is 1.82 bits per heavy atom. The molecule has 144 valence electrons. The Morgan fingerprint density at radius 3 is 2.43 bits per heavy atom. The van der Waals surface area contributed by atoms with Gasteiger partial charge in [0.25, 0.3) is 5.91 Å². The molecule has 2 aromatic carbocycles. The Morgan fingerprint density at radius 1 is 1.18 bits per heavy atom. The van der Waals surface area contributed by atoms with Gasteiger partial charge < -0.3 is 14.6 Å². The normalized spacial score (nSPS) is 10.8. The fourth-order valence-electron chi connectivity index (χ4n) is 2.42. The first-order valence-corrected chi connectivity index (χ1v) is 8.11. The molecule has 0 saturated carbocycles. The molecule has 0 atom stereocenters. The highest BCUT2D eigenvalue weighted by Crippen LogP contribution is 2.36. The number of methoxy groups -OCH3 is 2. The van der Waals surface area contributed by atoms with E-state index >= 15 is 0 Å². The number of rotatable bonds is 6. The van der Waals surface area contributed by atoms with Crippen LogP contribution in [0.1, 0.15) is 16.1 Å². The molecule has 3 aromatic rings. The molecular weight excluding hydrogens is 367 g/mol. The Kier molecular flexibility index (Phi) is 5.54. The lowest BCUT2D eigenvalue weighted by Gasteiger charge is -2.09. The Bertz CT molecular complexity index is 990. The summed E-state index contributed by atoms with van der Waals surface area (Å²) in [6.07, 6.45) is 1.37. The molecule has 0 bridgehead atoms. The van der Waals surface area contributed by atoms with Gasteiger partial charge in [0.15, 0.2) is 11.5 Å². The highest BCUT2D eigenvalue weighted by atomic mass is 19.1. The number of H-pyrrole nitrogens is 1. The number of carbonyl (C=O) groups is 1. The van der Waals surface area contributed by atoms with E-state index in [0.29, 0.717) is 16.8 Å². The van der Waals surface area contributed by atoms with Crippen molar-refractivity contribution in [3.8, 4) is 28.5 Å². The van der Waals surface area contributed by atoms with Gasteiger partial charge in [0, 0.05) is 11.1 Å². The fraction of sp³-hybridized carbons (Fsp3) is 0.105. The van der Waals surface area contributed by atoms with Crippen LogP contribution in [-0.4, -0.2) is 41.6 Å². The lowest BCUT2D eigenvalue weighted by Crippen LogP contribution is -2.18. The summed E-state index contributed by atoms with van der Waals surface area (Å²) in [6, 6.07) is 10.4. The molecule has 0 aliphatic rings. The quantitative estimate of drug-likeness (QED) is 0.447. The second-order valence-electron chi connectivity index (χ2n) is 5.65. The smallest absolute Gasteiger partial charge is 0.289 e. The molecule has 1 aromatic heterocycles. The maximum absolute atomic E-state index is 13.0. The molecule has 0 aliphatic carbocycles. The number of nitrogens with one attached hydrogen (secondary N) is 2. The second-order valence-corrected chi connectivity index (χ2v) is 5.65. The average Bonchev–Trinajstić information content (AvgIpc) is 3.19. The monoisotopic (exact) mass is 384 g/mol. The second kappa shape index (κ2) is 8.21. The van der Waals surface area contributed by atoms with Crippen molar-refractivity contribution in [1.29, 1.82) is 0 Å². The van der Waals surface area contributed by atoms with Crippen LogP contribution in [-0.2, 0) is 0 Å². The first kappa shape index (κ1) is 18.9. The van der Waals surface area contributed by atoms with Crippen LogP contribution in [0.2, 0.25) is 0 Å². The number of nitrogens with zero attached hydrogens (tertiary/aromatic N) is 2. The van der Waals surface area contributed by atoms with Crippen molar-refractivity contribution < 1.29 is 23.8 Å². The molecule has 0 aliphatic heterocycles. The number of phenolic OH excluding ortho intramolecular Hbond substituents is 1. The number of aromatic nitrogens is 2. The highest BCUT2D eigenvalue weighted by Gasteiger charge is 2.12. The topological polar surface area (TPSA) is 109 Å². The number of hydrogen-bond acceptors (Lipinski definition) is 6. The molecule has 3 N–H and O–H groups in total. The number of hydrazone groups is 1. The highest BCUT2D eigenvalue weighted by molar-refractivity contribution is 5.94. The molecule has 8 nitrogen and oxygen atoms in total. The van der Waals surface area contributed by atoms with Crippen LogP contribution < -0.4 is 14.9 Å². The molecule has 9 heteroatoms.